The molecule has 12 rings (SSSR count). The van der Waals surface area contributed by atoms with E-state index < -0.39 is 0 Å². The summed E-state index contributed by atoms with van der Waals surface area (Å²) in [5, 5.41) is 12.5. The molecule has 6 aromatic rings. The molecular weight excluding hydrogens is 589 g/mol. The molecule has 0 amide bonds. The zero-order valence-corrected chi connectivity index (χ0v) is 28.3. The summed E-state index contributed by atoms with van der Waals surface area (Å²) in [4.78, 5) is 9.80. The first-order valence-electron chi connectivity index (χ1n) is 17.8. The third kappa shape index (κ3) is 4.17. The van der Waals surface area contributed by atoms with Crippen LogP contribution in [0.15, 0.2) is 85.5 Å². The fourth-order valence-electron chi connectivity index (χ4n) is 9.87. The summed E-state index contributed by atoms with van der Waals surface area (Å²) < 4.78 is 4.11. The van der Waals surface area contributed by atoms with Gasteiger partial charge in [0.1, 0.15) is 11.4 Å². The van der Waals surface area contributed by atoms with E-state index in [4.69, 9.17) is 20.2 Å². The maximum absolute atomic E-state index is 5.02. The predicted molar refractivity (Wildman–Crippen MR) is 190 cm³/mol. The molecule has 4 atom stereocenters. The maximum Gasteiger partial charge on any atom is 0.111 e. The minimum absolute atomic E-state index is 0.408. The Balaban J connectivity index is 0.907. The molecule has 0 N–H and O–H groups in total. The first-order valence-corrected chi connectivity index (χ1v) is 17.8. The summed E-state index contributed by atoms with van der Waals surface area (Å²) in [5.74, 6) is 2.88. The van der Waals surface area contributed by atoms with Crippen molar-refractivity contribution in [1.82, 2.24) is 29.5 Å². The molecule has 48 heavy (non-hydrogen) atoms. The second-order valence-corrected chi connectivity index (χ2v) is 16.3. The number of aromatic nitrogens is 6. The molecular formula is C42H42N6. The van der Waals surface area contributed by atoms with Crippen molar-refractivity contribution < 1.29 is 0 Å². The van der Waals surface area contributed by atoms with Gasteiger partial charge in [-0.15, -0.1) is 0 Å². The predicted octanol–water partition coefficient (Wildman–Crippen LogP) is 8.83. The van der Waals surface area contributed by atoms with Crippen molar-refractivity contribution in [3.63, 3.8) is 0 Å². The van der Waals surface area contributed by atoms with Crippen LogP contribution < -0.4 is 0 Å². The van der Waals surface area contributed by atoms with Crippen LogP contribution in [0.2, 0.25) is 0 Å². The zero-order chi connectivity index (χ0) is 32.4. The van der Waals surface area contributed by atoms with Crippen molar-refractivity contribution in [2.45, 2.75) is 78.3 Å². The lowest BCUT2D eigenvalue weighted by Gasteiger charge is -2.57. The molecule has 4 heterocycles. The number of pyridine rings is 2. The van der Waals surface area contributed by atoms with Gasteiger partial charge in [0.05, 0.1) is 24.5 Å². The van der Waals surface area contributed by atoms with E-state index in [2.05, 4.69) is 123 Å². The molecule has 0 spiro atoms. The van der Waals surface area contributed by atoms with Gasteiger partial charge >= 0.3 is 0 Å². The third-order valence-electron chi connectivity index (χ3n) is 13.2. The normalized spacial score (nSPS) is 24.0. The molecule has 6 aliphatic rings. The standard InChI is InChI=1S/C42H42N6/c1-41(2)30-15-28-17-38(43-21-32(28)34(41)19-30)36-11-13-47(45-36)23-26-9-5-7-25-8-6-10-27(40(25)26)24-48-14-12-37(46-48)39-18-29-16-31-20-35(42(31,3)4)33(29)22-44-39/h5-14,17-18,21-22,30-31,34-35H,15-16,19-20,23-24H2,1-4H3/t30-,31-,34-,35-/m0/s1. The average Bonchev–Trinajstić information content (AvgIpc) is 3.77. The molecule has 4 bridgehead atoms. The lowest BCUT2D eigenvalue weighted by molar-refractivity contribution is 0.0183. The maximum atomic E-state index is 5.02. The molecule has 2 fully saturated rings. The summed E-state index contributed by atoms with van der Waals surface area (Å²) >= 11 is 0. The number of fused-ring (bicyclic) bond motifs is 1. The van der Waals surface area contributed by atoms with E-state index in [9.17, 15) is 0 Å². The topological polar surface area (TPSA) is 61.4 Å². The molecule has 0 radical (unpaired) electrons. The molecule has 6 nitrogen and oxygen atoms in total. The summed E-state index contributed by atoms with van der Waals surface area (Å²) in [6.45, 7) is 11.1. The largest absolute Gasteiger partial charge is 0.268 e. The molecule has 0 unspecified atom stereocenters. The lowest BCUT2D eigenvalue weighted by atomic mass is 9.47. The van der Waals surface area contributed by atoms with E-state index in [0.29, 0.717) is 35.8 Å². The van der Waals surface area contributed by atoms with Crippen molar-refractivity contribution >= 4 is 10.8 Å². The first kappa shape index (κ1) is 28.4. The molecule has 240 valence electrons. The van der Waals surface area contributed by atoms with Crippen LogP contribution in [0.25, 0.3) is 33.5 Å². The fourth-order valence-corrected chi connectivity index (χ4v) is 9.87. The van der Waals surface area contributed by atoms with Crippen LogP contribution in [0.4, 0.5) is 0 Å². The second-order valence-electron chi connectivity index (χ2n) is 16.3. The van der Waals surface area contributed by atoms with Gasteiger partial charge in [0.2, 0.25) is 0 Å². The summed E-state index contributed by atoms with van der Waals surface area (Å²) in [6, 6.07) is 22.0. The Kier molecular flexibility index (Phi) is 5.91. The fraction of sp³-hybridized carbons (Fsp3) is 0.381. The van der Waals surface area contributed by atoms with Gasteiger partial charge in [-0.3, -0.25) is 19.3 Å². The molecule has 0 aliphatic heterocycles. The Labute approximate surface area is 282 Å². The highest BCUT2D eigenvalue weighted by molar-refractivity contribution is 5.89. The zero-order valence-electron chi connectivity index (χ0n) is 28.3. The molecule has 6 aliphatic carbocycles. The first-order chi connectivity index (χ1) is 23.2. The van der Waals surface area contributed by atoms with Crippen LogP contribution in [-0.4, -0.2) is 29.5 Å². The van der Waals surface area contributed by atoms with Crippen LogP contribution in [0.5, 0.6) is 0 Å². The number of hydrogen-bond donors (Lipinski definition) is 0. The number of benzene rings is 2. The van der Waals surface area contributed by atoms with Gasteiger partial charge < -0.3 is 0 Å². The van der Waals surface area contributed by atoms with Gasteiger partial charge in [-0.05, 0) is 129 Å². The Morgan fingerprint density at radius 2 is 1.10 bits per heavy atom. The monoisotopic (exact) mass is 630 g/mol. The highest BCUT2D eigenvalue weighted by Gasteiger charge is 2.53. The Bertz CT molecular complexity index is 2100. The quantitative estimate of drug-likeness (QED) is 0.185. The van der Waals surface area contributed by atoms with E-state index in [1.807, 2.05) is 0 Å². The van der Waals surface area contributed by atoms with Gasteiger partial charge in [-0.25, -0.2) is 0 Å². The summed E-state index contributed by atoms with van der Waals surface area (Å²) in [5.41, 5.74) is 13.0. The SMILES string of the molecule is CC1(C)[C@H]2Cc3cc(-c4ccn(Cc5cccc6cccc(Cn7ccc(-c8cc9c(cn8)[C@@H]8C[C@H](C9)C8(C)C)n7)c56)n4)ncc3[C@@H]1C2. The molecule has 0 saturated heterocycles. The average molecular weight is 631 g/mol. The van der Waals surface area contributed by atoms with Crippen molar-refractivity contribution in [2.75, 3.05) is 0 Å². The summed E-state index contributed by atoms with van der Waals surface area (Å²) in [7, 11) is 0. The van der Waals surface area contributed by atoms with E-state index in [-0.39, 0.29) is 0 Å². The minimum atomic E-state index is 0.408. The molecule has 2 aromatic carbocycles. The van der Waals surface area contributed by atoms with E-state index >= 15 is 0 Å². The minimum Gasteiger partial charge on any atom is -0.268 e. The van der Waals surface area contributed by atoms with Crippen LogP contribution in [-0.2, 0) is 25.9 Å². The van der Waals surface area contributed by atoms with Gasteiger partial charge in [-0.2, -0.15) is 10.2 Å². The number of hydrogen-bond acceptors (Lipinski definition) is 4. The Hall–Kier alpha value is -4.58. The van der Waals surface area contributed by atoms with Gasteiger partial charge in [0.15, 0.2) is 0 Å². The highest BCUT2D eigenvalue weighted by Crippen LogP contribution is 2.63. The van der Waals surface area contributed by atoms with Crippen molar-refractivity contribution in [3.05, 3.63) is 119 Å². The van der Waals surface area contributed by atoms with Gasteiger partial charge in [0, 0.05) is 24.8 Å². The number of rotatable bonds is 6. The lowest BCUT2D eigenvalue weighted by Crippen LogP contribution is -2.48. The molecule has 2 saturated carbocycles. The Morgan fingerprint density at radius 1 is 0.625 bits per heavy atom. The number of nitrogens with zero attached hydrogens (tertiary/aromatic N) is 6. The Morgan fingerprint density at radius 3 is 1.56 bits per heavy atom. The molecule has 4 aromatic heterocycles. The third-order valence-corrected chi connectivity index (χ3v) is 13.2. The van der Waals surface area contributed by atoms with Crippen LogP contribution >= 0.6 is 0 Å². The highest BCUT2D eigenvalue weighted by atomic mass is 15.3. The van der Waals surface area contributed by atoms with Crippen LogP contribution in [0, 0.1) is 22.7 Å². The van der Waals surface area contributed by atoms with Crippen molar-refractivity contribution in [2.24, 2.45) is 22.7 Å². The van der Waals surface area contributed by atoms with E-state index in [1.165, 1.54) is 57.0 Å². The second kappa shape index (κ2) is 9.97. The van der Waals surface area contributed by atoms with Crippen molar-refractivity contribution in [1.29, 1.82) is 0 Å². The van der Waals surface area contributed by atoms with Crippen LogP contribution in [0.3, 0.4) is 0 Å². The van der Waals surface area contributed by atoms with Crippen molar-refractivity contribution in [3.8, 4) is 22.8 Å². The van der Waals surface area contributed by atoms with E-state index in [1.54, 1.807) is 0 Å². The van der Waals surface area contributed by atoms with Gasteiger partial charge in [0.25, 0.3) is 0 Å². The molecule has 6 heteroatoms. The van der Waals surface area contributed by atoms with Crippen LogP contribution in [0.1, 0.15) is 85.8 Å². The smallest absolute Gasteiger partial charge is 0.111 e. The van der Waals surface area contributed by atoms with E-state index in [0.717, 1.165) is 47.5 Å². The summed E-state index contributed by atoms with van der Waals surface area (Å²) in [6.07, 6.45) is 13.4. The van der Waals surface area contributed by atoms with Gasteiger partial charge in [-0.1, -0.05) is 64.1 Å².